The fourth-order valence-electron chi connectivity index (χ4n) is 4.45. The van der Waals surface area contributed by atoms with Gasteiger partial charge in [0, 0.05) is 51.6 Å². The summed E-state index contributed by atoms with van der Waals surface area (Å²) in [6, 6.07) is 4.67. The third-order valence-corrected chi connectivity index (χ3v) is 6.87. The van der Waals surface area contributed by atoms with Gasteiger partial charge in [0.15, 0.2) is 0 Å². The van der Waals surface area contributed by atoms with Gasteiger partial charge in [-0.05, 0) is 24.6 Å². The maximum Gasteiger partial charge on any atom is 0.421 e. The molecule has 0 atom stereocenters. The Labute approximate surface area is 266 Å². The molecular weight excluding hydrogens is 613 g/mol. The highest BCUT2D eigenvalue weighted by molar-refractivity contribution is 5.95. The number of amides is 2. The van der Waals surface area contributed by atoms with Gasteiger partial charge in [-0.25, -0.2) is 4.98 Å². The van der Waals surface area contributed by atoms with Crippen molar-refractivity contribution in [1.82, 2.24) is 19.8 Å². The maximum absolute atomic E-state index is 13.2. The third-order valence-electron chi connectivity index (χ3n) is 6.87. The average Bonchev–Trinajstić information content (AvgIpc) is 3.06. The number of benzene rings is 1. The van der Waals surface area contributed by atoms with Crippen LogP contribution in [0, 0.1) is 0 Å². The first-order valence-corrected chi connectivity index (χ1v) is 15.1. The Balaban J connectivity index is 1.38. The molecule has 1 aromatic carbocycles. The summed E-state index contributed by atoms with van der Waals surface area (Å²) < 4.78 is 66.6. The molecule has 0 radical (unpaired) electrons. The van der Waals surface area contributed by atoms with Crippen molar-refractivity contribution in [1.29, 1.82) is 0 Å². The minimum Gasteiger partial charge on any atom is -0.495 e. The van der Waals surface area contributed by atoms with Crippen LogP contribution in [0.15, 0.2) is 24.4 Å². The van der Waals surface area contributed by atoms with E-state index in [0.717, 1.165) is 13.0 Å². The number of ether oxygens (including phenoxy) is 5. The number of nitrogens with zero attached hydrogens (tertiary/aromatic N) is 4. The summed E-state index contributed by atoms with van der Waals surface area (Å²) in [5.41, 5.74) is -0.274. The quantitative estimate of drug-likeness (QED) is 0.215. The molecule has 1 fully saturated rings. The summed E-state index contributed by atoms with van der Waals surface area (Å²) in [6.07, 6.45) is -2.71. The van der Waals surface area contributed by atoms with E-state index in [1.54, 1.807) is 21.9 Å². The number of piperazine rings is 1. The number of hydrogen-bond acceptors (Lipinski definition) is 11. The van der Waals surface area contributed by atoms with Gasteiger partial charge in [-0.3, -0.25) is 9.59 Å². The Morgan fingerprint density at radius 3 is 2.04 bits per heavy atom. The first-order valence-electron chi connectivity index (χ1n) is 15.1. The van der Waals surface area contributed by atoms with Gasteiger partial charge in [-0.15, -0.1) is 0 Å². The predicted molar refractivity (Wildman–Crippen MR) is 164 cm³/mol. The molecule has 1 aliphatic rings. The van der Waals surface area contributed by atoms with Crippen LogP contribution < -0.4 is 15.4 Å². The monoisotopic (exact) mass is 656 g/mol. The number of nitrogens with one attached hydrogen (secondary N) is 2. The van der Waals surface area contributed by atoms with Crippen LogP contribution in [0.4, 0.5) is 30.6 Å². The van der Waals surface area contributed by atoms with E-state index >= 15 is 0 Å². The molecule has 0 spiro atoms. The molecule has 2 amide bonds. The molecule has 13 nitrogen and oxygen atoms in total. The van der Waals surface area contributed by atoms with E-state index in [-0.39, 0.29) is 42.4 Å². The van der Waals surface area contributed by atoms with Crippen molar-refractivity contribution in [2.24, 2.45) is 0 Å². The van der Waals surface area contributed by atoms with Gasteiger partial charge < -0.3 is 44.1 Å². The molecule has 256 valence electrons. The lowest BCUT2D eigenvalue weighted by molar-refractivity contribution is -0.137. The largest absolute Gasteiger partial charge is 0.495 e. The molecule has 0 aliphatic carbocycles. The third kappa shape index (κ3) is 11.6. The molecule has 3 rings (SSSR count). The molecule has 0 bridgehead atoms. The molecule has 2 N–H and O–H groups in total. The predicted octanol–water partition coefficient (Wildman–Crippen LogP) is 3.44. The van der Waals surface area contributed by atoms with Crippen LogP contribution in [0.3, 0.4) is 0 Å². The van der Waals surface area contributed by atoms with Gasteiger partial charge in [0.25, 0.3) is 5.91 Å². The second-order valence-electron chi connectivity index (χ2n) is 10.1. The van der Waals surface area contributed by atoms with E-state index in [1.807, 2.05) is 0 Å². The maximum atomic E-state index is 13.2. The van der Waals surface area contributed by atoms with Crippen LogP contribution in [0.5, 0.6) is 5.75 Å². The number of carbonyl (C=O) groups is 2. The summed E-state index contributed by atoms with van der Waals surface area (Å²) in [4.78, 5) is 36.8. The van der Waals surface area contributed by atoms with E-state index < -0.39 is 11.7 Å². The standard InChI is InChI=1S/C30H43F3N6O7/c1-4-12-43-14-16-45-18-19-46-17-15-44-13-7-26(40)38-8-10-39(11-9-38)28(41)22-5-6-24(25(20-22)42-3)36-29-35-21-23(30(31,32)33)27(34-2)37-29/h5-6,20-21H,4,7-19H2,1-3H3,(H2,34,35,36,37). The van der Waals surface area contributed by atoms with E-state index in [9.17, 15) is 22.8 Å². The number of anilines is 3. The molecule has 1 saturated heterocycles. The lowest BCUT2D eigenvalue weighted by Crippen LogP contribution is -2.50. The summed E-state index contributed by atoms with van der Waals surface area (Å²) in [5, 5.41) is 5.26. The van der Waals surface area contributed by atoms with E-state index in [0.29, 0.717) is 83.3 Å². The van der Waals surface area contributed by atoms with E-state index in [1.165, 1.54) is 20.2 Å². The van der Waals surface area contributed by atoms with Crippen molar-refractivity contribution in [3.63, 3.8) is 0 Å². The molecule has 16 heteroatoms. The van der Waals surface area contributed by atoms with Crippen molar-refractivity contribution >= 4 is 29.3 Å². The van der Waals surface area contributed by atoms with Gasteiger partial charge in [0.2, 0.25) is 11.9 Å². The highest BCUT2D eigenvalue weighted by Crippen LogP contribution is 2.34. The highest BCUT2D eigenvalue weighted by atomic mass is 19.4. The molecule has 0 unspecified atom stereocenters. The van der Waals surface area contributed by atoms with E-state index in [2.05, 4.69) is 27.5 Å². The van der Waals surface area contributed by atoms with Crippen LogP contribution in [-0.2, 0) is 29.9 Å². The van der Waals surface area contributed by atoms with Crippen LogP contribution in [0.2, 0.25) is 0 Å². The molecule has 1 aromatic heterocycles. The lowest BCUT2D eigenvalue weighted by Gasteiger charge is -2.35. The van der Waals surface area contributed by atoms with Crippen molar-refractivity contribution < 1.29 is 46.4 Å². The number of alkyl halides is 3. The zero-order chi connectivity index (χ0) is 33.4. The molecule has 2 heterocycles. The number of aromatic nitrogens is 2. The zero-order valence-corrected chi connectivity index (χ0v) is 26.5. The first kappa shape index (κ1) is 36.7. The molecule has 2 aromatic rings. The minimum atomic E-state index is -4.61. The lowest BCUT2D eigenvalue weighted by atomic mass is 10.1. The number of carbonyl (C=O) groups excluding carboxylic acids is 2. The highest BCUT2D eigenvalue weighted by Gasteiger charge is 2.35. The van der Waals surface area contributed by atoms with Crippen molar-refractivity contribution in [3.8, 4) is 5.75 Å². The second kappa shape index (κ2) is 19.1. The second-order valence-corrected chi connectivity index (χ2v) is 10.1. The van der Waals surface area contributed by atoms with Gasteiger partial charge in [-0.2, -0.15) is 18.2 Å². The fraction of sp³-hybridized carbons (Fsp3) is 0.600. The molecular formula is C30H43F3N6O7. The Morgan fingerprint density at radius 1 is 0.891 bits per heavy atom. The SMILES string of the molecule is CCCOCCOCCOCCOCCC(=O)N1CCN(C(=O)c2ccc(Nc3ncc(C(F)(F)F)c(NC)n3)c(OC)c2)CC1. The van der Waals surface area contributed by atoms with Crippen LogP contribution >= 0.6 is 0 Å². The Bertz CT molecular complexity index is 1250. The summed E-state index contributed by atoms with van der Waals surface area (Å²) in [5.74, 6) is -0.470. The van der Waals surface area contributed by atoms with Crippen LogP contribution in [0.1, 0.15) is 35.7 Å². The van der Waals surface area contributed by atoms with E-state index in [4.69, 9.17) is 23.7 Å². The summed E-state index contributed by atoms with van der Waals surface area (Å²) >= 11 is 0. The van der Waals surface area contributed by atoms with Gasteiger partial charge in [0.05, 0.1) is 65.5 Å². The molecule has 0 saturated carbocycles. The minimum absolute atomic E-state index is 0.0456. The Kier molecular flexibility index (Phi) is 15.2. The summed E-state index contributed by atoms with van der Waals surface area (Å²) in [6.45, 7) is 7.42. The number of methoxy groups -OCH3 is 1. The summed E-state index contributed by atoms with van der Waals surface area (Å²) in [7, 11) is 2.74. The molecule has 46 heavy (non-hydrogen) atoms. The van der Waals surface area contributed by atoms with Crippen molar-refractivity contribution in [3.05, 3.63) is 35.5 Å². The average molecular weight is 657 g/mol. The Hall–Kier alpha value is -3.73. The fourth-order valence-corrected chi connectivity index (χ4v) is 4.45. The topological polar surface area (TPSA) is 137 Å². The van der Waals surface area contributed by atoms with Gasteiger partial charge in [-0.1, -0.05) is 6.92 Å². The number of rotatable bonds is 19. The number of halogens is 3. The van der Waals surface area contributed by atoms with Gasteiger partial charge >= 0.3 is 6.18 Å². The van der Waals surface area contributed by atoms with Crippen LogP contribution in [-0.4, -0.2) is 125 Å². The zero-order valence-electron chi connectivity index (χ0n) is 26.5. The first-order chi connectivity index (χ1) is 22.2. The molecule has 1 aliphatic heterocycles. The normalized spacial score (nSPS) is 13.5. The van der Waals surface area contributed by atoms with Gasteiger partial charge in [0.1, 0.15) is 17.1 Å². The van der Waals surface area contributed by atoms with Crippen LogP contribution in [0.25, 0.3) is 0 Å². The van der Waals surface area contributed by atoms with Crippen molar-refractivity contribution in [2.75, 3.05) is 104 Å². The smallest absolute Gasteiger partial charge is 0.421 e. The number of hydrogen-bond donors (Lipinski definition) is 2. The Morgan fingerprint density at radius 2 is 1.48 bits per heavy atom. The van der Waals surface area contributed by atoms with Crippen molar-refractivity contribution in [2.45, 2.75) is 25.9 Å².